The number of thiophene rings is 1. The standard InChI is InChI=1S/C15H18N2OS/c1-11(14-3-2-10-19-14)15(18)17-9-8-12-4-6-13(16)7-5-12/h2-7,10-11H,8-9,16H2,1H3,(H,17,18). The minimum absolute atomic E-state index is 0.0774. The summed E-state index contributed by atoms with van der Waals surface area (Å²) in [7, 11) is 0. The first-order valence-electron chi connectivity index (χ1n) is 6.32. The van der Waals surface area contributed by atoms with E-state index in [9.17, 15) is 4.79 Å². The number of nitrogens with two attached hydrogens (primary N) is 1. The van der Waals surface area contributed by atoms with Crippen LogP contribution >= 0.6 is 11.3 Å². The molecule has 1 atom stereocenters. The molecule has 1 heterocycles. The summed E-state index contributed by atoms with van der Waals surface area (Å²) in [5.74, 6) is 0.00399. The van der Waals surface area contributed by atoms with E-state index in [0.29, 0.717) is 6.54 Å². The van der Waals surface area contributed by atoms with Crippen LogP contribution in [0.4, 0.5) is 5.69 Å². The zero-order chi connectivity index (χ0) is 13.7. The maximum atomic E-state index is 12.0. The molecule has 1 amide bonds. The number of nitrogen functional groups attached to an aromatic ring is 1. The van der Waals surface area contributed by atoms with Gasteiger partial charge < -0.3 is 11.1 Å². The number of nitrogens with one attached hydrogen (secondary N) is 1. The van der Waals surface area contributed by atoms with Crippen molar-refractivity contribution in [3.8, 4) is 0 Å². The van der Waals surface area contributed by atoms with E-state index in [-0.39, 0.29) is 11.8 Å². The van der Waals surface area contributed by atoms with E-state index < -0.39 is 0 Å². The fourth-order valence-corrected chi connectivity index (χ4v) is 2.62. The van der Waals surface area contributed by atoms with Crippen molar-refractivity contribution in [3.63, 3.8) is 0 Å². The summed E-state index contributed by atoms with van der Waals surface area (Å²) in [6, 6.07) is 11.7. The van der Waals surface area contributed by atoms with Crippen LogP contribution in [-0.2, 0) is 11.2 Å². The minimum atomic E-state index is -0.0774. The van der Waals surface area contributed by atoms with Crippen LogP contribution in [0.1, 0.15) is 23.3 Å². The number of anilines is 1. The van der Waals surface area contributed by atoms with Gasteiger partial charge >= 0.3 is 0 Å². The Bertz CT molecular complexity index is 520. The fourth-order valence-electron chi connectivity index (χ4n) is 1.83. The summed E-state index contributed by atoms with van der Waals surface area (Å²) >= 11 is 1.62. The first kappa shape index (κ1) is 13.6. The zero-order valence-electron chi connectivity index (χ0n) is 10.9. The van der Waals surface area contributed by atoms with Crippen molar-refractivity contribution in [2.75, 3.05) is 12.3 Å². The maximum absolute atomic E-state index is 12.0. The third-order valence-electron chi connectivity index (χ3n) is 3.06. The highest BCUT2D eigenvalue weighted by atomic mass is 32.1. The molecule has 2 rings (SSSR count). The predicted octanol–water partition coefficient (Wildman–Crippen LogP) is 2.79. The molecule has 3 nitrogen and oxygen atoms in total. The quantitative estimate of drug-likeness (QED) is 0.824. The molecule has 0 aliphatic heterocycles. The molecule has 0 radical (unpaired) electrons. The van der Waals surface area contributed by atoms with Gasteiger partial charge in [-0.3, -0.25) is 4.79 Å². The number of hydrogen-bond donors (Lipinski definition) is 2. The number of benzene rings is 1. The molecule has 1 unspecified atom stereocenters. The van der Waals surface area contributed by atoms with Crippen molar-refractivity contribution in [1.82, 2.24) is 5.32 Å². The Kier molecular flexibility index (Phi) is 4.58. The second kappa shape index (κ2) is 6.38. The van der Waals surface area contributed by atoms with Crippen LogP contribution in [0.25, 0.3) is 0 Å². The van der Waals surface area contributed by atoms with E-state index in [1.807, 2.05) is 48.7 Å². The fraction of sp³-hybridized carbons (Fsp3) is 0.267. The summed E-state index contributed by atoms with van der Waals surface area (Å²) < 4.78 is 0. The average Bonchev–Trinajstić information content (AvgIpc) is 2.94. The molecule has 0 fully saturated rings. The van der Waals surface area contributed by atoms with Crippen molar-refractivity contribution in [3.05, 3.63) is 52.2 Å². The Morgan fingerprint density at radius 2 is 2.05 bits per heavy atom. The molecule has 19 heavy (non-hydrogen) atoms. The normalized spacial score (nSPS) is 12.1. The second-order valence-corrected chi connectivity index (χ2v) is 5.50. The summed E-state index contributed by atoms with van der Waals surface area (Å²) in [5, 5.41) is 4.96. The van der Waals surface area contributed by atoms with Crippen LogP contribution in [-0.4, -0.2) is 12.5 Å². The average molecular weight is 274 g/mol. The van der Waals surface area contributed by atoms with E-state index in [0.717, 1.165) is 17.0 Å². The van der Waals surface area contributed by atoms with Crippen LogP contribution in [0.3, 0.4) is 0 Å². The Labute approximate surface area is 117 Å². The number of carbonyl (C=O) groups excluding carboxylic acids is 1. The molecule has 100 valence electrons. The van der Waals surface area contributed by atoms with Crippen molar-refractivity contribution < 1.29 is 4.79 Å². The lowest BCUT2D eigenvalue weighted by atomic mass is 10.1. The first-order chi connectivity index (χ1) is 9.16. The second-order valence-electron chi connectivity index (χ2n) is 4.52. The number of amides is 1. The molecular weight excluding hydrogens is 256 g/mol. The molecule has 0 spiro atoms. The number of hydrogen-bond acceptors (Lipinski definition) is 3. The minimum Gasteiger partial charge on any atom is -0.399 e. The van der Waals surface area contributed by atoms with Crippen molar-refractivity contribution in [1.29, 1.82) is 0 Å². The van der Waals surface area contributed by atoms with Crippen LogP contribution < -0.4 is 11.1 Å². The largest absolute Gasteiger partial charge is 0.399 e. The molecule has 0 saturated carbocycles. The Morgan fingerprint density at radius 3 is 2.68 bits per heavy atom. The van der Waals surface area contributed by atoms with Crippen LogP contribution in [0.15, 0.2) is 41.8 Å². The molecule has 2 aromatic rings. The summed E-state index contributed by atoms with van der Waals surface area (Å²) in [6.45, 7) is 2.59. The molecular formula is C15H18N2OS. The lowest BCUT2D eigenvalue weighted by Crippen LogP contribution is -2.29. The van der Waals surface area contributed by atoms with E-state index >= 15 is 0 Å². The van der Waals surface area contributed by atoms with E-state index in [2.05, 4.69) is 5.32 Å². The topological polar surface area (TPSA) is 55.1 Å². The SMILES string of the molecule is CC(C(=O)NCCc1ccc(N)cc1)c1cccs1. The van der Waals surface area contributed by atoms with Gasteiger partial charge in [0.15, 0.2) is 0 Å². The molecule has 0 aliphatic carbocycles. The molecule has 3 N–H and O–H groups in total. The van der Waals surface area contributed by atoms with Gasteiger partial charge in [-0.15, -0.1) is 11.3 Å². The van der Waals surface area contributed by atoms with Gasteiger partial charge in [-0.05, 0) is 42.5 Å². The van der Waals surface area contributed by atoms with Gasteiger partial charge in [0.05, 0.1) is 5.92 Å². The number of rotatable bonds is 5. The highest BCUT2D eigenvalue weighted by Crippen LogP contribution is 2.20. The lowest BCUT2D eigenvalue weighted by molar-refractivity contribution is -0.122. The molecule has 0 saturated heterocycles. The highest BCUT2D eigenvalue weighted by Gasteiger charge is 2.15. The van der Waals surface area contributed by atoms with Gasteiger partial charge in [-0.2, -0.15) is 0 Å². The first-order valence-corrected chi connectivity index (χ1v) is 7.20. The van der Waals surface area contributed by atoms with E-state index in [1.165, 1.54) is 5.56 Å². The van der Waals surface area contributed by atoms with Gasteiger partial charge in [0, 0.05) is 17.1 Å². The van der Waals surface area contributed by atoms with Crippen molar-refractivity contribution in [2.24, 2.45) is 0 Å². The smallest absolute Gasteiger partial charge is 0.228 e. The maximum Gasteiger partial charge on any atom is 0.228 e. The van der Waals surface area contributed by atoms with Crippen molar-refractivity contribution >= 4 is 22.9 Å². The summed E-state index contributed by atoms with van der Waals surface area (Å²) in [4.78, 5) is 13.1. The lowest BCUT2D eigenvalue weighted by Gasteiger charge is -2.10. The Morgan fingerprint density at radius 1 is 1.32 bits per heavy atom. The third kappa shape index (κ3) is 3.83. The molecule has 1 aromatic heterocycles. The third-order valence-corrected chi connectivity index (χ3v) is 4.11. The molecule has 0 bridgehead atoms. The van der Waals surface area contributed by atoms with Gasteiger partial charge in [0.2, 0.25) is 5.91 Å². The van der Waals surface area contributed by atoms with Gasteiger partial charge in [-0.25, -0.2) is 0 Å². The molecule has 0 aliphatic rings. The number of carbonyl (C=O) groups is 1. The highest BCUT2D eigenvalue weighted by molar-refractivity contribution is 7.10. The van der Waals surface area contributed by atoms with Gasteiger partial charge in [0.1, 0.15) is 0 Å². The van der Waals surface area contributed by atoms with Crippen LogP contribution in [0.5, 0.6) is 0 Å². The van der Waals surface area contributed by atoms with Gasteiger partial charge in [-0.1, -0.05) is 18.2 Å². The molecule has 4 heteroatoms. The van der Waals surface area contributed by atoms with Gasteiger partial charge in [0.25, 0.3) is 0 Å². The van der Waals surface area contributed by atoms with Crippen LogP contribution in [0, 0.1) is 0 Å². The molecule has 1 aromatic carbocycles. The van der Waals surface area contributed by atoms with E-state index in [4.69, 9.17) is 5.73 Å². The zero-order valence-corrected chi connectivity index (χ0v) is 11.7. The Hall–Kier alpha value is -1.81. The Balaban J connectivity index is 1.79. The van der Waals surface area contributed by atoms with Crippen molar-refractivity contribution in [2.45, 2.75) is 19.3 Å². The van der Waals surface area contributed by atoms with Crippen LogP contribution in [0.2, 0.25) is 0 Å². The predicted molar refractivity (Wildman–Crippen MR) is 80.3 cm³/mol. The van der Waals surface area contributed by atoms with E-state index in [1.54, 1.807) is 11.3 Å². The monoisotopic (exact) mass is 274 g/mol. The summed E-state index contributed by atoms with van der Waals surface area (Å²) in [6.07, 6.45) is 0.823. The summed E-state index contributed by atoms with van der Waals surface area (Å²) in [5.41, 5.74) is 7.57.